The third kappa shape index (κ3) is 4.52. The lowest BCUT2D eigenvalue weighted by Gasteiger charge is -2.25. The van der Waals surface area contributed by atoms with Crippen molar-refractivity contribution in [2.75, 3.05) is 19.0 Å². The molecule has 0 atom stereocenters. The van der Waals surface area contributed by atoms with E-state index in [1.54, 1.807) is 24.3 Å². The fraction of sp³-hybridized carbons (Fsp3) is 0.227. The van der Waals surface area contributed by atoms with Gasteiger partial charge >= 0.3 is 5.97 Å². The number of hydrogen-bond donors (Lipinski definition) is 1. The minimum absolute atomic E-state index is 0.242. The summed E-state index contributed by atoms with van der Waals surface area (Å²) in [6, 6.07) is 16.8. The first-order valence-electron chi connectivity index (χ1n) is 9.37. The topological polar surface area (TPSA) is 71.5 Å². The van der Waals surface area contributed by atoms with Crippen LogP contribution in [0.15, 0.2) is 54.6 Å². The van der Waals surface area contributed by atoms with E-state index in [1.807, 2.05) is 6.07 Å². The van der Waals surface area contributed by atoms with Crippen LogP contribution in [0.25, 0.3) is 0 Å². The molecule has 29 heavy (non-hydrogen) atoms. The van der Waals surface area contributed by atoms with Crippen LogP contribution in [0.2, 0.25) is 0 Å². The third-order valence-electron chi connectivity index (χ3n) is 4.85. The van der Waals surface area contributed by atoms with Crippen molar-refractivity contribution >= 4 is 28.3 Å². The molecule has 2 aromatic carbocycles. The van der Waals surface area contributed by atoms with Crippen LogP contribution in [-0.4, -0.2) is 35.4 Å². The van der Waals surface area contributed by atoms with E-state index >= 15 is 0 Å². The maximum atomic E-state index is 12.5. The Morgan fingerprint density at radius 2 is 1.83 bits per heavy atom. The Bertz CT molecular complexity index is 1020. The van der Waals surface area contributed by atoms with Crippen molar-refractivity contribution in [3.05, 3.63) is 81.9 Å². The lowest BCUT2D eigenvalue weighted by atomic mass is 10.1. The molecule has 1 aromatic heterocycles. The highest BCUT2D eigenvalue weighted by Crippen LogP contribution is 2.29. The first kappa shape index (κ1) is 19.3. The molecule has 1 aliphatic rings. The van der Waals surface area contributed by atoms with Crippen LogP contribution in [-0.2, 0) is 24.2 Å². The largest absolute Gasteiger partial charge is 0.465 e. The molecule has 1 amide bonds. The Hall–Kier alpha value is -3.03. The standard InChI is InChI=1S/C22H21N3O3S/c1-28-21(27)17-9-7-16(8-10-17)20(26)24-22-23-18-11-12-25(14-19(18)29-22)13-15-5-3-2-4-6-15/h2-10H,11-14H2,1H3,(H,23,24,26). The van der Waals surface area contributed by atoms with Gasteiger partial charge < -0.3 is 4.74 Å². The Morgan fingerprint density at radius 3 is 2.55 bits per heavy atom. The molecule has 2 heterocycles. The zero-order valence-corrected chi connectivity index (χ0v) is 16.9. The van der Waals surface area contributed by atoms with Gasteiger partial charge in [0.15, 0.2) is 5.13 Å². The maximum Gasteiger partial charge on any atom is 0.337 e. The van der Waals surface area contributed by atoms with E-state index in [9.17, 15) is 9.59 Å². The molecule has 0 radical (unpaired) electrons. The second-order valence-electron chi connectivity index (χ2n) is 6.86. The van der Waals surface area contributed by atoms with Gasteiger partial charge in [0.05, 0.1) is 18.4 Å². The summed E-state index contributed by atoms with van der Waals surface area (Å²) in [5.74, 6) is -0.668. The number of carbonyl (C=O) groups is 2. The molecule has 0 spiro atoms. The second-order valence-corrected chi connectivity index (χ2v) is 7.94. The van der Waals surface area contributed by atoms with Crippen LogP contribution >= 0.6 is 11.3 Å². The number of hydrogen-bond acceptors (Lipinski definition) is 6. The van der Waals surface area contributed by atoms with Crippen LogP contribution in [0, 0.1) is 0 Å². The zero-order chi connectivity index (χ0) is 20.2. The fourth-order valence-electron chi connectivity index (χ4n) is 3.32. The van der Waals surface area contributed by atoms with Crippen molar-refractivity contribution in [3.8, 4) is 0 Å². The van der Waals surface area contributed by atoms with E-state index in [2.05, 4.69) is 44.2 Å². The predicted octanol–water partition coefficient (Wildman–Crippen LogP) is 3.74. The highest BCUT2D eigenvalue weighted by Gasteiger charge is 2.21. The molecule has 1 aliphatic heterocycles. The molecule has 7 heteroatoms. The Balaban J connectivity index is 1.40. The first-order chi connectivity index (χ1) is 14.1. The normalized spacial score (nSPS) is 13.6. The number of nitrogens with zero attached hydrogens (tertiary/aromatic N) is 2. The van der Waals surface area contributed by atoms with Crippen molar-refractivity contribution in [3.63, 3.8) is 0 Å². The smallest absolute Gasteiger partial charge is 0.337 e. The Kier molecular flexibility index (Phi) is 5.69. The van der Waals surface area contributed by atoms with Crippen LogP contribution in [0.4, 0.5) is 5.13 Å². The minimum Gasteiger partial charge on any atom is -0.465 e. The quantitative estimate of drug-likeness (QED) is 0.653. The molecule has 148 valence electrons. The number of anilines is 1. The van der Waals surface area contributed by atoms with Gasteiger partial charge in [-0.05, 0) is 29.8 Å². The van der Waals surface area contributed by atoms with E-state index in [1.165, 1.54) is 28.9 Å². The predicted molar refractivity (Wildman–Crippen MR) is 112 cm³/mol. The van der Waals surface area contributed by atoms with Gasteiger partial charge in [-0.3, -0.25) is 15.0 Å². The number of ether oxygens (including phenoxy) is 1. The number of thiazole rings is 1. The number of fused-ring (bicyclic) bond motifs is 1. The van der Waals surface area contributed by atoms with Gasteiger partial charge in [0.2, 0.25) is 0 Å². The number of rotatable bonds is 5. The van der Waals surface area contributed by atoms with Crippen molar-refractivity contribution in [2.45, 2.75) is 19.5 Å². The van der Waals surface area contributed by atoms with Crippen molar-refractivity contribution < 1.29 is 14.3 Å². The van der Waals surface area contributed by atoms with Gasteiger partial charge in [-0.25, -0.2) is 9.78 Å². The van der Waals surface area contributed by atoms with Gasteiger partial charge in [0, 0.05) is 36.5 Å². The molecule has 0 saturated carbocycles. The van der Waals surface area contributed by atoms with Gasteiger partial charge in [-0.15, -0.1) is 11.3 Å². The number of carbonyl (C=O) groups excluding carboxylic acids is 2. The maximum absolute atomic E-state index is 12.5. The number of esters is 1. The summed E-state index contributed by atoms with van der Waals surface area (Å²) in [7, 11) is 1.33. The summed E-state index contributed by atoms with van der Waals surface area (Å²) in [4.78, 5) is 32.2. The molecule has 0 unspecified atom stereocenters. The summed E-state index contributed by atoms with van der Waals surface area (Å²) in [6.45, 7) is 2.70. The fourth-order valence-corrected chi connectivity index (χ4v) is 4.37. The van der Waals surface area contributed by atoms with Gasteiger partial charge in [0.1, 0.15) is 0 Å². The molecule has 0 bridgehead atoms. The lowest BCUT2D eigenvalue weighted by molar-refractivity contribution is 0.0600. The summed E-state index contributed by atoms with van der Waals surface area (Å²) in [6.07, 6.45) is 0.877. The molecule has 0 saturated heterocycles. The van der Waals surface area contributed by atoms with Crippen molar-refractivity contribution in [1.82, 2.24) is 9.88 Å². The number of nitrogens with one attached hydrogen (secondary N) is 1. The summed E-state index contributed by atoms with van der Waals surface area (Å²) in [5, 5.41) is 3.49. The molecular weight excluding hydrogens is 386 g/mol. The number of amides is 1. The average molecular weight is 407 g/mol. The summed E-state index contributed by atoms with van der Waals surface area (Å²) < 4.78 is 4.67. The minimum atomic E-state index is -0.426. The monoisotopic (exact) mass is 407 g/mol. The van der Waals surface area contributed by atoms with Crippen molar-refractivity contribution in [2.24, 2.45) is 0 Å². The Labute approximate surface area is 173 Å². The van der Waals surface area contributed by atoms with Gasteiger partial charge in [-0.2, -0.15) is 0 Å². The van der Waals surface area contributed by atoms with Gasteiger partial charge in [0.25, 0.3) is 5.91 Å². The molecule has 1 N–H and O–H groups in total. The van der Waals surface area contributed by atoms with E-state index in [-0.39, 0.29) is 5.91 Å². The lowest BCUT2D eigenvalue weighted by Crippen LogP contribution is -2.29. The number of aromatic nitrogens is 1. The molecule has 0 aliphatic carbocycles. The number of benzene rings is 2. The summed E-state index contributed by atoms with van der Waals surface area (Å²) in [5.41, 5.74) is 3.24. The van der Waals surface area contributed by atoms with E-state index in [0.29, 0.717) is 16.3 Å². The van der Waals surface area contributed by atoms with E-state index in [0.717, 1.165) is 31.7 Å². The highest BCUT2D eigenvalue weighted by atomic mass is 32.1. The highest BCUT2D eigenvalue weighted by molar-refractivity contribution is 7.15. The van der Waals surface area contributed by atoms with Crippen LogP contribution in [0.3, 0.4) is 0 Å². The average Bonchev–Trinajstić information content (AvgIpc) is 3.15. The van der Waals surface area contributed by atoms with Gasteiger partial charge in [-0.1, -0.05) is 30.3 Å². The molecule has 3 aromatic rings. The van der Waals surface area contributed by atoms with E-state index in [4.69, 9.17) is 0 Å². The van der Waals surface area contributed by atoms with E-state index < -0.39 is 5.97 Å². The van der Waals surface area contributed by atoms with Crippen molar-refractivity contribution in [1.29, 1.82) is 0 Å². The third-order valence-corrected chi connectivity index (χ3v) is 5.85. The zero-order valence-electron chi connectivity index (χ0n) is 16.1. The second kappa shape index (κ2) is 8.55. The molecule has 4 rings (SSSR count). The van der Waals surface area contributed by atoms with Crippen LogP contribution in [0.5, 0.6) is 0 Å². The molecule has 0 fully saturated rings. The SMILES string of the molecule is COC(=O)c1ccc(C(=O)Nc2nc3c(s2)CN(Cc2ccccc2)CC3)cc1. The van der Waals surface area contributed by atoms with Crippen LogP contribution < -0.4 is 5.32 Å². The summed E-state index contributed by atoms with van der Waals surface area (Å²) >= 11 is 1.53. The number of methoxy groups -OCH3 is 1. The Morgan fingerprint density at radius 1 is 1.10 bits per heavy atom. The first-order valence-corrected chi connectivity index (χ1v) is 10.2. The molecule has 6 nitrogen and oxygen atoms in total. The van der Waals surface area contributed by atoms with Crippen LogP contribution in [0.1, 0.15) is 36.9 Å². The molecular formula is C22H21N3O3S.